The maximum absolute atomic E-state index is 11.9. The minimum Gasteiger partial charge on any atom is -0.449 e. The van der Waals surface area contributed by atoms with E-state index in [0.29, 0.717) is 17.9 Å². The first-order valence-electron chi connectivity index (χ1n) is 6.29. The molecular formula is C13H18N4O4. The third kappa shape index (κ3) is 5.01. The average Bonchev–Trinajstić information content (AvgIpc) is 2.37. The van der Waals surface area contributed by atoms with Crippen molar-refractivity contribution in [2.75, 3.05) is 18.0 Å². The van der Waals surface area contributed by atoms with Gasteiger partial charge < -0.3 is 21.5 Å². The zero-order valence-corrected chi connectivity index (χ0v) is 11.8. The van der Waals surface area contributed by atoms with Crippen molar-refractivity contribution in [2.45, 2.75) is 20.0 Å². The highest BCUT2D eigenvalue weighted by atomic mass is 16.5. The number of urea groups is 1. The number of esters is 1. The summed E-state index contributed by atoms with van der Waals surface area (Å²) in [5.41, 5.74) is 11.9. The fourth-order valence-corrected chi connectivity index (χ4v) is 1.49. The lowest BCUT2D eigenvalue weighted by molar-refractivity contribution is -0.127. The molecule has 0 spiro atoms. The van der Waals surface area contributed by atoms with Crippen LogP contribution in [0.25, 0.3) is 0 Å². The van der Waals surface area contributed by atoms with Crippen LogP contribution in [0.3, 0.4) is 0 Å². The molecule has 0 aliphatic heterocycles. The molecule has 0 radical (unpaired) electrons. The Balaban J connectivity index is 2.65. The van der Waals surface area contributed by atoms with Crippen LogP contribution >= 0.6 is 0 Å². The molecule has 1 atom stereocenters. The molecule has 8 nitrogen and oxygen atoms in total. The van der Waals surface area contributed by atoms with Crippen LogP contribution < -0.4 is 22.1 Å². The molecule has 0 saturated heterocycles. The first kappa shape index (κ1) is 16.3. The van der Waals surface area contributed by atoms with E-state index in [1.54, 1.807) is 6.92 Å². The number of carbonyl (C=O) groups is 3. The number of nitrogens with two attached hydrogens (primary N) is 2. The number of rotatable bonds is 4. The van der Waals surface area contributed by atoms with Gasteiger partial charge in [-0.2, -0.15) is 0 Å². The Bertz CT molecular complexity index is 539. The van der Waals surface area contributed by atoms with E-state index in [9.17, 15) is 14.4 Å². The van der Waals surface area contributed by atoms with Crippen LogP contribution in [0.4, 0.5) is 16.2 Å². The average molecular weight is 294 g/mol. The normalized spacial score (nSPS) is 11.3. The molecule has 0 aliphatic rings. The summed E-state index contributed by atoms with van der Waals surface area (Å²) in [4.78, 5) is 34.7. The third-order valence-electron chi connectivity index (χ3n) is 2.44. The maximum Gasteiger partial charge on any atom is 0.339 e. The summed E-state index contributed by atoms with van der Waals surface area (Å²) < 4.78 is 4.95. The zero-order chi connectivity index (χ0) is 16.0. The molecule has 0 heterocycles. The molecule has 1 rings (SSSR count). The van der Waals surface area contributed by atoms with E-state index in [4.69, 9.17) is 16.2 Å². The minimum atomic E-state index is -1.14. The van der Waals surface area contributed by atoms with Gasteiger partial charge in [0.15, 0.2) is 6.10 Å². The van der Waals surface area contributed by atoms with Crippen molar-refractivity contribution in [1.29, 1.82) is 0 Å². The first-order valence-corrected chi connectivity index (χ1v) is 6.29. The van der Waals surface area contributed by atoms with Crippen molar-refractivity contribution in [3.8, 4) is 0 Å². The van der Waals surface area contributed by atoms with Gasteiger partial charge in [-0.1, -0.05) is 0 Å². The fraction of sp³-hybridized carbons (Fsp3) is 0.308. The molecule has 1 aromatic rings. The highest BCUT2D eigenvalue weighted by Gasteiger charge is 2.20. The van der Waals surface area contributed by atoms with E-state index < -0.39 is 24.0 Å². The largest absolute Gasteiger partial charge is 0.449 e. The summed E-state index contributed by atoms with van der Waals surface area (Å²) in [5, 5.41) is 4.43. The molecule has 114 valence electrons. The van der Waals surface area contributed by atoms with Crippen molar-refractivity contribution < 1.29 is 19.1 Å². The number of imide groups is 1. The molecule has 0 fully saturated rings. The number of anilines is 2. The molecular weight excluding hydrogens is 276 g/mol. The molecule has 8 heteroatoms. The summed E-state index contributed by atoms with van der Waals surface area (Å²) >= 11 is 0. The SMILES string of the molecule is CCNC(=O)NC(=O)C(C)OC(=O)c1cc(N)cc(N)c1. The van der Waals surface area contributed by atoms with Crippen molar-refractivity contribution >= 4 is 29.3 Å². The van der Waals surface area contributed by atoms with Crippen LogP contribution in [0.1, 0.15) is 24.2 Å². The molecule has 0 aromatic heterocycles. The van der Waals surface area contributed by atoms with Gasteiger partial charge in [-0.3, -0.25) is 10.1 Å². The van der Waals surface area contributed by atoms with Gasteiger partial charge >= 0.3 is 12.0 Å². The van der Waals surface area contributed by atoms with Gasteiger partial charge in [-0.15, -0.1) is 0 Å². The van der Waals surface area contributed by atoms with Gasteiger partial charge in [0.25, 0.3) is 5.91 Å². The monoisotopic (exact) mass is 294 g/mol. The van der Waals surface area contributed by atoms with Gasteiger partial charge in [0.1, 0.15) is 0 Å². The van der Waals surface area contributed by atoms with Crippen molar-refractivity contribution in [2.24, 2.45) is 0 Å². The first-order chi connectivity index (χ1) is 9.83. The number of carbonyl (C=O) groups excluding carboxylic acids is 3. The maximum atomic E-state index is 11.9. The number of nitrogens with one attached hydrogen (secondary N) is 2. The molecule has 3 amide bonds. The molecule has 0 aliphatic carbocycles. The Hall–Kier alpha value is -2.77. The zero-order valence-electron chi connectivity index (χ0n) is 11.8. The van der Waals surface area contributed by atoms with E-state index in [1.807, 2.05) is 5.32 Å². The third-order valence-corrected chi connectivity index (χ3v) is 2.44. The standard InChI is InChI=1S/C13H18N4O4/c1-3-16-13(20)17-11(18)7(2)21-12(19)8-4-9(14)6-10(15)5-8/h4-7H,3,14-15H2,1-2H3,(H2,16,17,18,20). The van der Waals surface area contributed by atoms with Gasteiger partial charge in [-0.05, 0) is 32.0 Å². The fourth-order valence-electron chi connectivity index (χ4n) is 1.49. The number of benzene rings is 1. The predicted octanol–water partition coefficient (Wildman–Crippen LogP) is 0.242. The van der Waals surface area contributed by atoms with Crippen LogP contribution in [0.15, 0.2) is 18.2 Å². The molecule has 21 heavy (non-hydrogen) atoms. The van der Waals surface area contributed by atoms with Crippen LogP contribution in [0, 0.1) is 0 Å². The highest BCUT2D eigenvalue weighted by molar-refractivity contribution is 5.98. The lowest BCUT2D eigenvalue weighted by Crippen LogP contribution is -2.44. The van der Waals surface area contributed by atoms with Crippen molar-refractivity contribution in [3.63, 3.8) is 0 Å². The molecule has 1 unspecified atom stereocenters. The Labute approximate surface area is 121 Å². The number of hydrogen-bond donors (Lipinski definition) is 4. The molecule has 0 bridgehead atoms. The van der Waals surface area contributed by atoms with Gasteiger partial charge in [-0.25, -0.2) is 9.59 Å². The second kappa shape index (κ2) is 7.13. The van der Waals surface area contributed by atoms with E-state index in [1.165, 1.54) is 25.1 Å². The summed E-state index contributed by atoms with van der Waals surface area (Å²) in [5.74, 6) is -1.49. The smallest absolute Gasteiger partial charge is 0.339 e. The van der Waals surface area contributed by atoms with Crippen LogP contribution in [0.2, 0.25) is 0 Å². The number of hydrogen-bond acceptors (Lipinski definition) is 6. The number of nitrogen functional groups attached to an aromatic ring is 2. The van der Waals surface area contributed by atoms with Gasteiger partial charge in [0.05, 0.1) is 5.56 Å². The predicted molar refractivity (Wildman–Crippen MR) is 77.4 cm³/mol. The summed E-state index contributed by atoms with van der Waals surface area (Å²) in [7, 11) is 0. The Morgan fingerprint density at radius 2 is 1.76 bits per heavy atom. The van der Waals surface area contributed by atoms with Gasteiger partial charge in [0, 0.05) is 17.9 Å². The highest BCUT2D eigenvalue weighted by Crippen LogP contribution is 2.15. The number of ether oxygens (including phenoxy) is 1. The molecule has 6 N–H and O–H groups in total. The minimum absolute atomic E-state index is 0.130. The van der Waals surface area contributed by atoms with E-state index in [-0.39, 0.29) is 5.56 Å². The van der Waals surface area contributed by atoms with E-state index in [0.717, 1.165) is 0 Å². The molecule has 0 saturated carbocycles. The Morgan fingerprint density at radius 1 is 1.19 bits per heavy atom. The van der Waals surface area contributed by atoms with E-state index >= 15 is 0 Å². The lowest BCUT2D eigenvalue weighted by Gasteiger charge is -2.13. The van der Waals surface area contributed by atoms with Crippen LogP contribution in [-0.4, -0.2) is 30.6 Å². The Morgan fingerprint density at radius 3 is 2.29 bits per heavy atom. The van der Waals surface area contributed by atoms with E-state index in [2.05, 4.69) is 5.32 Å². The summed E-state index contributed by atoms with van der Waals surface area (Å²) in [6.07, 6.45) is -1.14. The lowest BCUT2D eigenvalue weighted by atomic mass is 10.2. The van der Waals surface area contributed by atoms with Crippen molar-refractivity contribution in [3.05, 3.63) is 23.8 Å². The molecule has 1 aromatic carbocycles. The second-order valence-electron chi connectivity index (χ2n) is 4.28. The van der Waals surface area contributed by atoms with Crippen LogP contribution in [0.5, 0.6) is 0 Å². The van der Waals surface area contributed by atoms with Crippen LogP contribution in [-0.2, 0) is 9.53 Å². The quantitative estimate of drug-likeness (QED) is 0.464. The summed E-state index contributed by atoms with van der Waals surface area (Å²) in [6.45, 7) is 3.43. The second-order valence-corrected chi connectivity index (χ2v) is 4.28. The Kier molecular flexibility index (Phi) is 5.53. The summed E-state index contributed by atoms with van der Waals surface area (Å²) in [6, 6.07) is 3.60. The number of amides is 3. The van der Waals surface area contributed by atoms with Crippen molar-refractivity contribution in [1.82, 2.24) is 10.6 Å². The topological polar surface area (TPSA) is 137 Å². The van der Waals surface area contributed by atoms with Gasteiger partial charge in [0.2, 0.25) is 0 Å².